The van der Waals surface area contributed by atoms with Crippen LogP contribution in [-0.4, -0.2) is 21.4 Å². The first kappa shape index (κ1) is 31.5. The van der Waals surface area contributed by atoms with Crippen LogP contribution >= 0.6 is 9.24 Å². The summed E-state index contributed by atoms with van der Waals surface area (Å²) in [6.07, 6.45) is 19.0. The van der Waals surface area contributed by atoms with Gasteiger partial charge < -0.3 is 5.32 Å². The zero-order valence-electron chi connectivity index (χ0n) is 25.2. The molecule has 3 nitrogen and oxygen atoms in total. The highest BCUT2D eigenvalue weighted by Crippen LogP contribution is 2.30. The Labute approximate surface area is 245 Å². The van der Waals surface area contributed by atoms with Crippen molar-refractivity contribution in [2.75, 3.05) is 0 Å². The monoisotopic (exact) mass is 553 g/mol. The van der Waals surface area contributed by atoms with Crippen LogP contribution in [-0.2, 0) is 12.8 Å². The van der Waals surface area contributed by atoms with Gasteiger partial charge in [-0.15, -0.1) is 9.24 Å². The summed E-state index contributed by atoms with van der Waals surface area (Å²) in [6.45, 7) is 14.8. The molecule has 1 aromatic heterocycles. The van der Waals surface area contributed by atoms with Crippen molar-refractivity contribution in [2.45, 2.75) is 84.7 Å². The molecule has 1 heterocycles. The first-order chi connectivity index (χ1) is 19.4. The molecule has 4 rings (SSSR count). The van der Waals surface area contributed by atoms with Gasteiger partial charge in [0.05, 0.1) is 17.6 Å². The van der Waals surface area contributed by atoms with E-state index in [1.54, 1.807) is 0 Å². The number of nitrogens with one attached hydrogen (secondary N) is 1. The van der Waals surface area contributed by atoms with E-state index in [1.165, 1.54) is 33.3 Å². The molecule has 1 N–H and O–H groups in total. The predicted octanol–water partition coefficient (Wildman–Crippen LogP) is 8.57. The van der Waals surface area contributed by atoms with Crippen LogP contribution in [0.2, 0.25) is 0 Å². The van der Waals surface area contributed by atoms with E-state index in [4.69, 9.17) is 5.10 Å². The molecule has 0 aliphatic heterocycles. The minimum atomic E-state index is -0.0197. The summed E-state index contributed by atoms with van der Waals surface area (Å²) in [6, 6.07) is 19.6. The molecule has 4 heteroatoms. The molecular formula is C36H48N3P. The van der Waals surface area contributed by atoms with E-state index in [0.717, 1.165) is 44.2 Å². The number of hydrogen-bond donors (Lipinski definition) is 1. The Morgan fingerprint density at radius 2 is 1.80 bits per heavy atom. The van der Waals surface area contributed by atoms with Crippen LogP contribution in [0.15, 0.2) is 103 Å². The van der Waals surface area contributed by atoms with E-state index in [-0.39, 0.29) is 11.6 Å². The second kappa shape index (κ2) is 15.7. The van der Waals surface area contributed by atoms with Gasteiger partial charge in [-0.1, -0.05) is 99.7 Å². The fourth-order valence-corrected chi connectivity index (χ4v) is 5.47. The molecule has 0 saturated heterocycles. The van der Waals surface area contributed by atoms with Crippen molar-refractivity contribution in [3.63, 3.8) is 0 Å². The third kappa shape index (κ3) is 8.75. The first-order valence-corrected chi connectivity index (χ1v) is 15.4. The van der Waals surface area contributed by atoms with Crippen molar-refractivity contribution in [3.05, 3.63) is 120 Å². The number of benzene rings is 2. The fraction of sp³-hybridized carbons (Fsp3) is 0.361. The zero-order chi connectivity index (χ0) is 29.0. The van der Waals surface area contributed by atoms with E-state index in [1.807, 2.05) is 19.9 Å². The smallest absolute Gasteiger partial charge is 0.0700 e. The second-order valence-electron chi connectivity index (χ2n) is 10.7. The lowest BCUT2D eigenvalue weighted by Gasteiger charge is -2.36. The Hall–Kier alpha value is -3.00. The van der Waals surface area contributed by atoms with Gasteiger partial charge in [0, 0.05) is 11.6 Å². The number of nitrogens with zero attached hydrogens (tertiary/aromatic N) is 2. The largest absolute Gasteiger partial charge is 0.304 e. The molecule has 0 fully saturated rings. The van der Waals surface area contributed by atoms with Crippen molar-refractivity contribution in [3.8, 4) is 5.69 Å². The van der Waals surface area contributed by atoms with Gasteiger partial charge in [-0.25, -0.2) is 4.68 Å². The Kier molecular flexibility index (Phi) is 12.4. The summed E-state index contributed by atoms with van der Waals surface area (Å²) in [4.78, 5) is 0. The molecule has 0 radical (unpaired) electrons. The van der Waals surface area contributed by atoms with E-state index in [0.29, 0.717) is 0 Å². The summed E-state index contributed by atoms with van der Waals surface area (Å²) in [5.74, 6) is 0. The van der Waals surface area contributed by atoms with Crippen molar-refractivity contribution in [1.82, 2.24) is 15.1 Å². The number of aryl methyl sites for hydroxylation is 1. The molecule has 0 bridgehead atoms. The second-order valence-corrected chi connectivity index (χ2v) is 11.4. The normalized spacial score (nSPS) is 19.8. The Morgan fingerprint density at radius 1 is 1.10 bits per heavy atom. The molecular weight excluding hydrogens is 505 g/mol. The third-order valence-electron chi connectivity index (χ3n) is 7.50. The number of rotatable bonds is 9. The maximum atomic E-state index is 4.81. The van der Waals surface area contributed by atoms with Crippen molar-refractivity contribution in [1.29, 1.82) is 0 Å². The van der Waals surface area contributed by atoms with Gasteiger partial charge in [0.25, 0.3) is 0 Å². The zero-order valence-corrected chi connectivity index (χ0v) is 26.3. The van der Waals surface area contributed by atoms with Crippen LogP contribution in [0.4, 0.5) is 0 Å². The third-order valence-corrected chi connectivity index (χ3v) is 7.88. The Balaban J connectivity index is 0.00000216. The van der Waals surface area contributed by atoms with Crippen LogP contribution in [0.3, 0.4) is 0 Å². The quantitative estimate of drug-likeness (QED) is 0.212. The predicted molar refractivity (Wildman–Crippen MR) is 179 cm³/mol. The molecule has 40 heavy (non-hydrogen) atoms. The Morgan fingerprint density at radius 3 is 2.48 bits per heavy atom. The number of aromatic nitrogens is 2. The maximum absolute atomic E-state index is 4.81. The lowest BCUT2D eigenvalue weighted by Crippen LogP contribution is -2.50. The topological polar surface area (TPSA) is 29.9 Å². The molecule has 1 aliphatic rings. The average molecular weight is 554 g/mol. The lowest BCUT2D eigenvalue weighted by molar-refractivity contribution is 0.284. The van der Waals surface area contributed by atoms with Crippen LogP contribution in [0.5, 0.6) is 0 Å². The minimum absolute atomic E-state index is 0.0197. The highest BCUT2D eigenvalue weighted by molar-refractivity contribution is 7.27. The van der Waals surface area contributed by atoms with E-state index in [2.05, 4.69) is 132 Å². The van der Waals surface area contributed by atoms with Gasteiger partial charge in [-0.3, -0.25) is 0 Å². The van der Waals surface area contributed by atoms with Crippen molar-refractivity contribution in [2.24, 2.45) is 0 Å². The number of allylic oxidation sites excluding steroid dienone is 4. The van der Waals surface area contributed by atoms with E-state index in [9.17, 15) is 0 Å². The molecule has 0 spiro atoms. The van der Waals surface area contributed by atoms with Crippen molar-refractivity contribution >= 4 is 20.6 Å². The van der Waals surface area contributed by atoms with Crippen molar-refractivity contribution < 1.29 is 0 Å². The van der Waals surface area contributed by atoms with Crippen LogP contribution < -0.4 is 10.6 Å². The summed E-state index contributed by atoms with van der Waals surface area (Å²) in [5, 5.41) is 10.1. The lowest BCUT2D eigenvalue weighted by atomic mass is 9.85. The summed E-state index contributed by atoms with van der Waals surface area (Å²) < 4.78 is 2.10. The number of hydrogen-bond acceptors (Lipinski definition) is 2. The highest BCUT2D eigenvalue weighted by atomic mass is 31.0. The number of fused-ring (bicyclic) bond motifs is 1. The van der Waals surface area contributed by atoms with Gasteiger partial charge in [-0.05, 0) is 92.6 Å². The molecule has 0 amide bonds. The SMILES string of the molecule is C=C/C=C\C(=C/CC)C(Cc1ccccc1)NC1(C)CC/C(C)=C/c2c(cnn2-c2ccc(P)cc2)CC1.CC. The summed E-state index contributed by atoms with van der Waals surface area (Å²) >= 11 is 0. The van der Waals surface area contributed by atoms with Gasteiger partial charge in [-0.2, -0.15) is 5.10 Å². The van der Waals surface area contributed by atoms with Crippen LogP contribution in [0.1, 0.15) is 77.1 Å². The molecule has 1 aliphatic carbocycles. The molecule has 3 aromatic rings. The highest BCUT2D eigenvalue weighted by Gasteiger charge is 2.30. The Bertz CT molecular complexity index is 1300. The molecule has 212 valence electrons. The van der Waals surface area contributed by atoms with Gasteiger partial charge in [0.15, 0.2) is 0 Å². The first-order valence-electron chi connectivity index (χ1n) is 14.8. The summed E-state index contributed by atoms with van der Waals surface area (Å²) in [7, 11) is 2.76. The van der Waals surface area contributed by atoms with E-state index >= 15 is 0 Å². The maximum Gasteiger partial charge on any atom is 0.0700 e. The molecule has 3 atom stereocenters. The standard InChI is InChI=1S/C34H42N3P.C2H6/c1-5-7-14-28(11-6-2)32(24-27-12-9-8-10-13-27)36-34(4)21-19-26(3)23-33-29(20-22-34)25-35-37(33)30-15-17-31(38)18-16-30;1-2/h5,7-18,23,25,32,36H,1,6,19-22,24,38H2,2-4H3;1-2H3/b14-7-,26-23+,28-11+;. The molecule has 3 unspecified atom stereocenters. The molecule has 2 aromatic carbocycles. The van der Waals surface area contributed by atoms with Gasteiger partial charge in [0.1, 0.15) is 0 Å². The average Bonchev–Trinajstić information content (AvgIpc) is 3.38. The van der Waals surface area contributed by atoms with Gasteiger partial charge in [0.2, 0.25) is 0 Å². The fourth-order valence-electron chi connectivity index (χ4n) is 5.28. The van der Waals surface area contributed by atoms with Crippen LogP contribution in [0.25, 0.3) is 11.8 Å². The van der Waals surface area contributed by atoms with Crippen LogP contribution in [0, 0.1) is 0 Å². The van der Waals surface area contributed by atoms with Gasteiger partial charge >= 0.3 is 0 Å². The van der Waals surface area contributed by atoms with E-state index < -0.39 is 0 Å². The molecule has 0 saturated carbocycles. The summed E-state index contributed by atoms with van der Waals surface area (Å²) in [5.41, 5.74) is 7.68. The minimum Gasteiger partial charge on any atom is -0.304 e.